The first kappa shape index (κ1) is 11.2. The average Bonchev–Trinajstić information content (AvgIpc) is 2.89. The molecule has 3 rings (SSSR count). The Kier molecular flexibility index (Phi) is 2.56. The molecule has 0 amide bonds. The number of carboxylic acids is 1. The number of imidazole rings is 1. The third-order valence-corrected chi connectivity index (χ3v) is 3.57. The van der Waals surface area contributed by atoms with Crippen molar-refractivity contribution >= 4 is 17.0 Å². The predicted molar refractivity (Wildman–Crippen MR) is 67.5 cm³/mol. The number of rotatable bonds is 3. The molecule has 0 spiro atoms. The molecule has 0 bridgehead atoms. The zero-order valence-corrected chi connectivity index (χ0v) is 9.97. The van der Waals surface area contributed by atoms with E-state index >= 15 is 0 Å². The molecule has 1 aromatic carbocycles. The minimum absolute atomic E-state index is 0.113. The summed E-state index contributed by atoms with van der Waals surface area (Å²) in [6.07, 6.45) is 2.12. The zero-order valence-electron chi connectivity index (χ0n) is 9.97. The van der Waals surface area contributed by atoms with E-state index in [0.717, 1.165) is 41.8 Å². The van der Waals surface area contributed by atoms with Crippen molar-refractivity contribution in [2.75, 3.05) is 6.54 Å². The second-order valence-electron chi connectivity index (χ2n) is 4.66. The molecule has 3 N–H and O–H groups in total. The first-order chi connectivity index (χ1) is 8.70. The second-order valence-corrected chi connectivity index (χ2v) is 4.66. The van der Waals surface area contributed by atoms with Gasteiger partial charge in [0.2, 0.25) is 0 Å². The first-order valence-electron chi connectivity index (χ1n) is 6.12. The van der Waals surface area contributed by atoms with E-state index in [4.69, 9.17) is 10.8 Å². The quantitative estimate of drug-likeness (QED) is 0.848. The van der Waals surface area contributed by atoms with Crippen molar-refractivity contribution < 1.29 is 9.90 Å². The largest absolute Gasteiger partial charge is 0.481 e. The molecule has 1 unspecified atom stereocenters. The smallest absolute Gasteiger partial charge is 0.312 e. The molecule has 0 aliphatic carbocycles. The van der Waals surface area contributed by atoms with E-state index in [9.17, 15) is 4.79 Å². The number of carbonyl (C=O) groups is 1. The van der Waals surface area contributed by atoms with E-state index in [1.807, 2.05) is 18.2 Å². The maximum Gasteiger partial charge on any atom is 0.312 e. The fraction of sp³-hybridized carbons (Fsp3) is 0.385. The van der Waals surface area contributed by atoms with Crippen LogP contribution in [0.1, 0.15) is 23.7 Å². The summed E-state index contributed by atoms with van der Waals surface area (Å²) in [7, 11) is 0. The van der Waals surface area contributed by atoms with Crippen LogP contribution >= 0.6 is 0 Å². The third kappa shape index (κ3) is 1.59. The minimum Gasteiger partial charge on any atom is -0.481 e. The molecule has 5 nitrogen and oxygen atoms in total. The van der Waals surface area contributed by atoms with Gasteiger partial charge in [-0.3, -0.25) is 4.79 Å². The summed E-state index contributed by atoms with van der Waals surface area (Å²) >= 11 is 0. The Bertz CT molecular complexity index is 618. The van der Waals surface area contributed by atoms with Crippen LogP contribution in [0, 0.1) is 0 Å². The van der Waals surface area contributed by atoms with Crippen LogP contribution in [0.5, 0.6) is 0 Å². The standard InChI is InChI=1S/C13H15N3O2/c14-7-9(13(17)18)8-3-4-10-11(6-8)16-5-1-2-12(16)15-10/h3-4,6,9H,1-2,5,7,14H2,(H,17,18). The Balaban J connectivity index is 2.12. The number of aliphatic carboxylic acids is 1. The summed E-state index contributed by atoms with van der Waals surface area (Å²) in [4.78, 5) is 15.7. The molecule has 0 fully saturated rings. The van der Waals surface area contributed by atoms with E-state index in [1.54, 1.807) is 0 Å². The van der Waals surface area contributed by atoms with Crippen LogP contribution in [0.15, 0.2) is 18.2 Å². The average molecular weight is 245 g/mol. The molecule has 5 heteroatoms. The van der Waals surface area contributed by atoms with Gasteiger partial charge in [0.1, 0.15) is 5.82 Å². The molecule has 0 radical (unpaired) electrons. The molecule has 1 atom stereocenters. The molecule has 2 heterocycles. The van der Waals surface area contributed by atoms with Gasteiger partial charge in [-0.1, -0.05) is 6.07 Å². The zero-order chi connectivity index (χ0) is 12.7. The van der Waals surface area contributed by atoms with Gasteiger partial charge in [-0.15, -0.1) is 0 Å². The first-order valence-corrected chi connectivity index (χ1v) is 6.12. The van der Waals surface area contributed by atoms with Gasteiger partial charge in [0.05, 0.1) is 17.0 Å². The number of nitrogens with two attached hydrogens (primary N) is 1. The highest BCUT2D eigenvalue weighted by Gasteiger charge is 2.21. The van der Waals surface area contributed by atoms with Crippen LogP contribution in [0.4, 0.5) is 0 Å². The highest BCUT2D eigenvalue weighted by molar-refractivity contribution is 5.82. The summed E-state index contributed by atoms with van der Waals surface area (Å²) in [5.74, 6) is -0.415. The van der Waals surface area contributed by atoms with Gasteiger partial charge in [0, 0.05) is 19.5 Å². The number of fused-ring (bicyclic) bond motifs is 3. The second kappa shape index (κ2) is 4.10. The monoisotopic (exact) mass is 245 g/mol. The molecule has 1 aliphatic rings. The van der Waals surface area contributed by atoms with Gasteiger partial charge in [-0.25, -0.2) is 4.98 Å². The van der Waals surface area contributed by atoms with E-state index in [2.05, 4.69) is 9.55 Å². The molecule has 0 saturated heterocycles. The maximum absolute atomic E-state index is 11.1. The van der Waals surface area contributed by atoms with Crippen LogP contribution < -0.4 is 5.73 Å². The highest BCUT2D eigenvalue weighted by atomic mass is 16.4. The number of carboxylic acid groups (broad SMARTS) is 1. The maximum atomic E-state index is 11.1. The summed E-state index contributed by atoms with van der Waals surface area (Å²) < 4.78 is 2.17. The summed E-state index contributed by atoms with van der Waals surface area (Å²) in [5, 5.41) is 9.14. The topological polar surface area (TPSA) is 81.1 Å². The van der Waals surface area contributed by atoms with Crippen LogP contribution in [0.25, 0.3) is 11.0 Å². The fourth-order valence-corrected chi connectivity index (χ4v) is 2.62. The molecule has 18 heavy (non-hydrogen) atoms. The lowest BCUT2D eigenvalue weighted by Crippen LogP contribution is -2.21. The summed E-state index contributed by atoms with van der Waals surface area (Å²) in [6.45, 7) is 1.08. The van der Waals surface area contributed by atoms with E-state index in [1.165, 1.54) is 0 Å². The number of hydrogen-bond donors (Lipinski definition) is 2. The number of aromatic nitrogens is 2. The van der Waals surface area contributed by atoms with E-state index in [0.29, 0.717) is 0 Å². The Morgan fingerprint density at radius 1 is 1.56 bits per heavy atom. The van der Waals surface area contributed by atoms with Gasteiger partial charge >= 0.3 is 5.97 Å². The van der Waals surface area contributed by atoms with Crippen LogP contribution in [-0.4, -0.2) is 27.2 Å². The Hall–Kier alpha value is -1.88. The van der Waals surface area contributed by atoms with Crippen molar-refractivity contribution in [3.05, 3.63) is 29.6 Å². The Morgan fingerprint density at radius 2 is 2.39 bits per heavy atom. The van der Waals surface area contributed by atoms with E-state index in [-0.39, 0.29) is 6.54 Å². The lowest BCUT2D eigenvalue weighted by Gasteiger charge is -2.10. The molecule has 1 aliphatic heterocycles. The van der Waals surface area contributed by atoms with Crippen molar-refractivity contribution in [3.8, 4) is 0 Å². The van der Waals surface area contributed by atoms with E-state index < -0.39 is 11.9 Å². The molecular weight excluding hydrogens is 230 g/mol. The van der Waals surface area contributed by atoms with Crippen LogP contribution in [-0.2, 0) is 17.8 Å². The van der Waals surface area contributed by atoms with Gasteiger partial charge in [-0.05, 0) is 24.1 Å². The lowest BCUT2D eigenvalue weighted by atomic mass is 9.99. The van der Waals surface area contributed by atoms with Crippen molar-refractivity contribution in [3.63, 3.8) is 0 Å². The molecule has 1 aromatic heterocycles. The molecule has 2 aromatic rings. The molecule has 0 saturated carbocycles. The van der Waals surface area contributed by atoms with Crippen LogP contribution in [0.3, 0.4) is 0 Å². The number of nitrogens with zero attached hydrogens (tertiary/aromatic N) is 2. The SMILES string of the molecule is NCC(C(=O)O)c1ccc2nc3n(c2c1)CCC3. The summed E-state index contributed by atoms with van der Waals surface area (Å²) in [5.41, 5.74) is 8.26. The minimum atomic E-state index is -0.877. The number of aryl methyl sites for hydroxylation is 2. The number of benzene rings is 1. The lowest BCUT2D eigenvalue weighted by molar-refractivity contribution is -0.138. The van der Waals surface area contributed by atoms with Crippen molar-refractivity contribution in [2.45, 2.75) is 25.3 Å². The van der Waals surface area contributed by atoms with Crippen molar-refractivity contribution in [1.29, 1.82) is 0 Å². The van der Waals surface area contributed by atoms with Gasteiger partial charge in [-0.2, -0.15) is 0 Å². The van der Waals surface area contributed by atoms with Crippen LogP contribution in [0.2, 0.25) is 0 Å². The molecule has 94 valence electrons. The fourth-order valence-electron chi connectivity index (χ4n) is 2.62. The summed E-state index contributed by atoms with van der Waals surface area (Å²) in [6, 6.07) is 5.63. The Morgan fingerprint density at radius 3 is 3.11 bits per heavy atom. The van der Waals surface area contributed by atoms with Gasteiger partial charge in [0.25, 0.3) is 0 Å². The number of hydrogen-bond acceptors (Lipinski definition) is 3. The third-order valence-electron chi connectivity index (χ3n) is 3.57. The normalized spacial score (nSPS) is 15.8. The van der Waals surface area contributed by atoms with Gasteiger partial charge in [0.15, 0.2) is 0 Å². The predicted octanol–water partition coefficient (Wildman–Crippen LogP) is 1.11. The Labute approximate surface area is 104 Å². The van der Waals surface area contributed by atoms with Gasteiger partial charge < -0.3 is 15.4 Å². The molecular formula is C13H15N3O2. The van der Waals surface area contributed by atoms with Crippen molar-refractivity contribution in [2.24, 2.45) is 5.73 Å². The van der Waals surface area contributed by atoms with Crippen molar-refractivity contribution in [1.82, 2.24) is 9.55 Å². The highest BCUT2D eigenvalue weighted by Crippen LogP contribution is 2.26.